The largest absolute Gasteiger partial charge is 0.213 e. The van der Waals surface area contributed by atoms with Crippen molar-refractivity contribution < 1.29 is 4.57 Å². The van der Waals surface area contributed by atoms with Crippen LogP contribution < -0.4 is 4.57 Å². The molecule has 7 rings (SSSR count). The van der Waals surface area contributed by atoms with Gasteiger partial charge in [0.1, 0.15) is 7.05 Å². The lowest BCUT2D eigenvalue weighted by Gasteiger charge is -2.18. The van der Waals surface area contributed by atoms with Gasteiger partial charge in [-0.15, -0.1) is 0 Å². The second-order valence-electron chi connectivity index (χ2n) is 10.2. The maximum atomic E-state index is 2.39. The van der Waals surface area contributed by atoms with E-state index in [-0.39, 0.29) is 0 Å². The Hall–Kier alpha value is -3.97. The zero-order valence-electron chi connectivity index (χ0n) is 20.5. The Morgan fingerprint density at radius 3 is 1.89 bits per heavy atom. The number of hydrogen-bond acceptors (Lipinski definition) is 0. The molecule has 0 bridgehead atoms. The number of aromatic nitrogens is 1. The average Bonchev–Trinajstić information content (AvgIpc) is 3.45. The van der Waals surface area contributed by atoms with Crippen LogP contribution in [0.5, 0.6) is 0 Å². The quantitative estimate of drug-likeness (QED) is 0.239. The highest BCUT2D eigenvalue weighted by atomic mass is 14.9. The third-order valence-electron chi connectivity index (χ3n) is 8.07. The molecule has 1 aromatic heterocycles. The minimum absolute atomic E-state index is 1.02. The highest BCUT2D eigenvalue weighted by Gasteiger charge is 2.35. The van der Waals surface area contributed by atoms with Gasteiger partial charge in [-0.2, -0.15) is 0 Å². The Kier molecular flexibility index (Phi) is 4.38. The van der Waals surface area contributed by atoms with Crippen molar-refractivity contribution >= 4 is 0 Å². The van der Waals surface area contributed by atoms with Crippen molar-refractivity contribution in [3.8, 4) is 44.6 Å². The molecule has 0 fully saturated rings. The van der Waals surface area contributed by atoms with Gasteiger partial charge in [0.15, 0.2) is 6.20 Å². The maximum absolute atomic E-state index is 2.39. The highest BCUT2D eigenvalue weighted by molar-refractivity contribution is 5.98. The lowest BCUT2D eigenvalue weighted by atomic mass is 9.85. The van der Waals surface area contributed by atoms with Crippen molar-refractivity contribution in [3.63, 3.8) is 0 Å². The molecule has 2 aliphatic rings. The molecule has 0 N–H and O–H groups in total. The predicted molar refractivity (Wildman–Crippen MR) is 144 cm³/mol. The predicted octanol–water partition coefficient (Wildman–Crippen LogP) is 7.60. The van der Waals surface area contributed by atoms with E-state index in [2.05, 4.69) is 117 Å². The van der Waals surface area contributed by atoms with Crippen LogP contribution in [-0.4, -0.2) is 0 Å². The molecule has 0 radical (unpaired) electrons. The van der Waals surface area contributed by atoms with E-state index in [1.54, 1.807) is 0 Å². The van der Waals surface area contributed by atoms with Crippen LogP contribution in [0.4, 0.5) is 0 Å². The first-order valence-corrected chi connectivity index (χ1v) is 12.5. The maximum Gasteiger partial charge on any atom is 0.213 e. The fourth-order valence-corrected chi connectivity index (χ4v) is 6.32. The number of hydrogen-bond donors (Lipinski definition) is 0. The molecule has 2 aliphatic carbocycles. The van der Waals surface area contributed by atoms with Gasteiger partial charge in [0, 0.05) is 12.1 Å². The normalized spacial score (nSPS) is 12.8. The van der Waals surface area contributed by atoms with Crippen LogP contribution in [0.15, 0.2) is 91.1 Å². The van der Waals surface area contributed by atoms with Crippen molar-refractivity contribution in [2.24, 2.45) is 7.05 Å². The van der Waals surface area contributed by atoms with Crippen LogP contribution in [0, 0.1) is 13.8 Å². The molecule has 168 valence electrons. The van der Waals surface area contributed by atoms with Crippen molar-refractivity contribution in [1.29, 1.82) is 0 Å². The van der Waals surface area contributed by atoms with Crippen LogP contribution in [0.3, 0.4) is 0 Å². The SMILES string of the molecule is Cc1ccc(-c2cc[n+](C)c(-c3c(C)c4c(c5c3-c3ccccc3C5)Cc3ccccc3-4)c2)cc1. The molecule has 0 unspecified atom stereocenters. The van der Waals surface area contributed by atoms with Crippen molar-refractivity contribution in [2.45, 2.75) is 26.7 Å². The van der Waals surface area contributed by atoms with Gasteiger partial charge in [-0.25, -0.2) is 4.57 Å². The lowest BCUT2D eigenvalue weighted by Crippen LogP contribution is -2.31. The zero-order chi connectivity index (χ0) is 23.7. The molecule has 1 nitrogen and oxygen atoms in total. The Balaban J connectivity index is 1.55. The summed E-state index contributed by atoms with van der Waals surface area (Å²) in [5, 5.41) is 0. The van der Waals surface area contributed by atoms with Crippen molar-refractivity contribution in [2.75, 3.05) is 0 Å². The molecule has 0 atom stereocenters. The van der Waals surface area contributed by atoms with Crippen molar-refractivity contribution in [3.05, 3.63) is 125 Å². The number of nitrogens with zero attached hydrogens (tertiary/aromatic N) is 1. The first-order chi connectivity index (χ1) is 17.1. The second-order valence-corrected chi connectivity index (χ2v) is 10.2. The van der Waals surface area contributed by atoms with Crippen LogP contribution in [0.1, 0.15) is 33.4 Å². The molecule has 35 heavy (non-hydrogen) atoms. The van der Waals surface area contributed by atoms with Gasteiger partial charge < -0.3 is 0 Å². The molecular weight excluding hydrogens is 422 g/mol. The number of aryl methyl sites for hydroxylation is 2. The minimum Gasteiger partial charge on any atom is -0.201 e. The molecule has 1 heteroatoms. The van der Waals surface area contributed by atoms with Crippen LogP contribution in [0.2, 0.25) is 0 Å². The highest BCUT2D eigenvalue weighted by Crippen LogP contribution is 2.52. The summed E-state index contributed by atoms with van der Waals surface area (Å²) in [6.45, 7) is 4.49. The van der Waals surface area contributed by atoms with E-state index in [9.17, 15) is 0 Å². The van der Waals surface area contributed by atoms with Gasteiger partial charge in [0.05, 0.1) is 5.56 Å². The third kappa shape index (κ3) is 2.98. The molecule has 0 saturated heterocycles. The number of pyridine rings is 1. The van der Waals surface area contributed by atoms with Gasteiger partial charge in [0.25, 0.3) is 0 Å². The van der Waals surface area contributed by atoms with E-state index >= 15 is 0 Å². The van der Waals surface area contributed by atoms with Gasteiger partial charge in [0.2, 0.25) is 5.69 Å². The topological polar surface area (TPSA) is 3.88 Å². The smallest absolute Gasteiger partial charge is 0.201 e. The zero-order valence-corrected chi connectivity index (χ0v) is 20.5. The summed E-state index contributed by atoms with van der Waals surface area (Å²) in [5.74, 6) is 0. The van der Waals surface area contributed by atoms with Crippen LogP contribution >= 0.6 is 0 Å². The summed E-state index contributed by atoms with van der Waals surface area (Å²) in [5.41, 5.74) is 19.6. The van der Waals surface area contributed by atoms with Gasteiger partial charge in [-0.05, 0) is 87.9 Å². The Labute approximate surface area is 207 Å². The fourth-order valence-electron chi connectivity index (χ4n) is 6.32. The molecule has 5 aromatic rings. The molecule has 4 aromatic carbocycles. The van der Waals surface area contributed by atoms with E-state index in [0.29, 0.717) is 0 Å². The first-order valence-electron chi connectivity index (χ1n) is 12.5. The standard InChI is InChI=1S/C34H28N/c1-21-12-14-23(15-13-21)24-16-17-35(3)31(20-24)33-22(2)32-27-10-6-4-8-25(27)18-29(32)30-19-26-9-5-7-11-28(26)34(30)33/h4-17,20H,18-19H2,1-3H3/q+1. The lowest BCUT2D eigenvalue weighted by molar-refractivity contribution is -0.660. The van der Waals surface area contributed by atoms with Gasteiger partial charge in [-0.3, -0.25) is 0 Å². The molecule has 0 amide bonds. The summed E-state index contributed by atoms with van der Waals surface area (Å²) in [4.78, 5) is 0. The molecule has 0 saturated carbocycles. The van der Waals surface area contributed by atoms with Crippen LogP contribution in [-0.2, 0) is 19.9 Å². The van der Waals surface area contributed by atoms with E-state index in [0.717, 1.165) is 12.8 Å². The van der Waals surface area contributed by atoms with E-state index in [1.807, 2.05) is 0 Å². The number of fused-ring (bicyclic) bond motifs is 7. The third-order valence-corrected chi connectivity index (χ3v) is 8.07. The first kappa shape index (κ1) is 20.4. The summed E-state index contributed by atoms with van der Waals surface area (Å²) in [6.07, 6.45) is 4.29. The van der Waals surface area contributed by atoms with E-state index in [4.69, 9.17) is 0 Å². The molecule has 1 heterocycles. The Bertz CT molecular complexity index is 1650. The van der Waals surface area contributed by atoms with E-state index < -0.39 is 0 Å². The van der Waals surface area contributed by atoms with Gasteiger partial charge in [-0.1, -0.05) is 78.4 Å². The summed E-state index contributed by atoms with van der Waals surface area (Å²) < 4.78 is 2.30. The monoisotopic (exact) mass is 450 g/mol. The number of rotatable bonds is 2. The van der Waals surface area contributed by atoms with Crippen LogP contribution in [0.25, 0.3) is 44.6 Å². The summed E-state index contributed by atoms with van der Waals surface area (Å²) in [6, 6.07) is 31.5. The Morgan fingerprint density at radius 1 is 0.600 bits per heavy atom. The summed E-state index contributed by atoms with van der Waals surface area (Å²) in [7, 11) is 2.18. The minimum atomic E-state index is 1.02. The molecule has 0 spiro atoms. The molecular formula is C34H28N+. The second kappa shape index (κ2) is 7.52. The molecule has 0 aliphatic heterocycles. The van der Waals surface area contributed by atoms with Crippen molar-refractivity contribution in [1.82, 2.24) is 0 Å². The van der Waals surface area contributed by atoms with E-state index in [1.165, 1.54) is 78.0 Å². The summed E-state index contributed by atoms with van der Waals surface area (Å²) >= 11 is 0. The average molecular weight is 451 g/mol. The fraction of sp³-hybridized carbons (Fsp3) is 0.147. The number of benzene rings is 4. The Morgan fingerprint density at radius 2 is 1.20 bits per heavy atom. The van der Waals surface area contributed by atoms with Gasteiger partial charge >= 0.3 is 0 Å².